The van der Waals surface area contributed by atoms with Crippen LogP contribution in [0, 0.1) is 5.92 Å². The lowest BCUT2D eigenvalue weighted by Gasteiger charge is -2.29. The van der Waals surface area contributed by atoms with E-state index in [1.165, 1.54) is 14.2 Å². The van der Waals surface area contributed by atoms with Gasteiger partial charge in [-0.3, -0.25) is 14.5 Å². The molecule has 0 unspecified atom stereocenters. The molecule has 0 spiro atoms. The van der Waals surface area contributed by atoms with Crippen molar-refractivity contribution in [2.24, 2.45) is 5.92 Å². The highest BCUT2D eigenvalue weighted by molar-refractivity contribution is 6.02. The summed E-state index contributed by atoms with van der Waals surface area (Å²) in [5, 5.41) is 14.2. The lowest BCUT2D eigenvalue weighted by Crippen LogP contribution is -2.51. The predicted octanol–water partition coefficient (Wildman–Crippen LogP) is 5.87. The number of imidazole rings is 1. The first-order chi connectivity index (χ1) is 27.6. The zero-order chi connectivity index (χ0) is 39.8. The molecule has 4 amide bonds. The van der Waals surface area contributed by atoms with Gasteiger partial charge in [-0.05, 0) is 59.4 Å². The molecule has 4 atom stereocenters. The first-order valence-electron chi connectivity index (χ1n) is 19.3. The number of carbonyl (C=O) groups is 4. The lowest BCUT2D eigenvalue weighted by atomic mass is 10.0. The van der Waals surface area contributed by atoms with Crippen molar-refractivity contribution in [2.75, 3.05) is 25.7 Å². The minimum Gasteiger partial charge on any atom is -0.453 e. The molecule has 2 aromatic heterocycles. The summed E-state index contributed by atoms with van der Waals surface area (Å²) in [6.07, 6.45) is 3.84. The Hall–Kier alpha value is -6.51. The van der Waals surface area contributed by atoms with Gasteiger partial charge in [-0.2, -0.15) is 0 Å². The molecule has 57 heavy (non-hydrogen) atoms. The van der Waals surface area contributed by atoms with Crippen molar-refractivity contribution in [1.29, 1.82) is 0 Å². The summed E-state index contributed by atoms with van der Waals surface area (Å²) >= 11 is 0. The number of likely N-dealkylation sites (tertiary alicyclic amines) is 1. The number of methoxy groups -OCH3 is 2. The molecule has 15 nitrogen and oxygen atoms in total. The highest BCUT2D eigenvalue weighted by Crippen LogP contribution is 2.44. The quantitative estimate of drug-likeness (QED) is 0.142. The summed E-state index contributed by atoms with van der Waals surface area (Å²) in [6, 6.07) is 20.3. The Morgan fingerprint density at radius 3 is 2.19 bits per heavy atom. The van der Waals surface area contributed by atoms with E-state index in [2.05, 4.69) is 49.0 Å². The van der Waals surface area contributed by atoms with E-state index in [9.17, 15) is 19.2 Å². The van der Waals surface area contributed by atoms with Crippen LogP contribution in [-0.2, 0) is 31.9 Å². The van der Waals surface area contributed by atoms with Crippen LogP contribution in [0.2, 0.25) is 0 Å². The van der Waals surface area contributed by atoms with Crippen LogP contribution >= 0.6 is 0 Å². The second-order valence-electron chi connectivity index (χ2n) is 15.0. The molecular formula is C42H45N9O6. The standard InChI is InChI=1S/C42H45N9O6/c1-23(2)34(46-42(55)57-4)40(53)50-20-6-9-32(50)38-47-36(48-49-38)28-16-12-25(13-17-28)24-10-14-26(15-11-24)31-22-43-37(44-31)33-21-29-8-5-7-27-18-19-30(45-41(54)56-3)39(52)51(33)35(27)29/h5,7-8,10-17,22-23,30,32-34H,6,9,18-21H2,1-4H3,(H,43,44)(H,45,54)(H,46,55)(H,47,48,49)/t30-,32-,33-,34-/m0/s1. The number of carbonyl (C=O) groups excluding carboxylic acids is 4. The van der Waals surface area contributed by atoms with Crippen LogP contribution in [0.5, 0.6) is 0 Å². The molecule has 0 saturated carbocycles. The van der Waals surface area contributed by atoms with E-state index >= 15 is 0 Å². The minimum absolute atomic E-state index is 0.123. The topological polar surface area (TPSA) is 188 Å². The fourth-order valence-corrected chi connectivity index (χ4v) is 8.25. The van der Waals surface area contributed by atoms with Crippen LogP contribution in [0.15, 0.2) is 72.9 Å². The number of aryl methyl sites for hydroxylation is 1. The van der Waals surface area contributed by atoms with E-state index in [0.29, 0.717) is 43.3 Å². The number of ether oxygens (including phenoxy) is 2. The summed E-state index contributed by atoms with van der Waals surface area (Å²) in [4.78, 5) is 66.6. The van der Waals surface area contributed by atoms with Crippen molar-refractivity contribution < 1.29 is 28.7 Å². The molecule has 4 N–H and O–H groups in total. The molecular weight excluding hydrogens is 727 g/mol. The van der Waals surface area contributed by atoms with Gasteiger partial charge in [0.1, 0.15) is 17.9 Å². The van der Waals surface area contributed by atoms with E-state index in [0.717, 1.165) is 57.6 Å². The van der Waals surface area contributed by atoms with Crippen LogP contribution in [0.1, 0.15) is 68.0 Å². The third-order valence-corrected chi connectivity index (χ3v) is 11.2. The number of para-hydroxylation sites is 1. The van der Waals surface area contributed by atoms with Gasteiger partial charge in [0.25, 0.3) is 0 Å². The minimum atomic E-state index is -0.711. The molecule has 5 aromatic rings. The molecule has 3 aliphatic rings. The van der Waals surface area contributed by atoms with Gasteiger partial charge < -0.3 is 35.0 Å². The Balaban J connectivity index is 0.951. The predicted molar refractivity (Wildman–Crippen MR) is 211 cm³/mol. The van der Waals surface area contributed by atoms with Crippen LogP contribution in [0.4, 0.5) is 15.3 Å². The number of anilines is 1. The molecule has 3 aliphatic heterocycles. The third kappa shape index (κ3) is 7.20. The molecule has 0 aliphatic carbocycles. The Bertz CT molecular complexity index is 2300. The maximum Gasteiger partial charge on any atom is 0.407 e. The number of benzene rings is 3. The van der Waals surface area contributed by atoms with Gasteiger partial charge in [-0.1, -0.05) is 80.6 Å². The number of amides is 4. The number of rotatable bonds is 9. The maximum atomic E-state index is 13.9. The smallest absolute Gasteiger partial charge is 0.407 e. The van der Waals surface area contributed by atoms with Gasteiger partial charge >= 0.3 is 12.2 Å². The summed E-state index contributed by atoms with van der Waals surface area (Å²) < 4.78 is 9.55. The van der Waals surface area contributed by atoms with Crippen LogP contribution < -0.4 is 15.5 Å². The van der Waals surface area contributed by atoms with Crippen molar-refractivity contribution in [2.45, 2.75) is 70.1 Å². The van der Waals surface area contributed by atoms with Gasteiger partial charge in [0, 0.05) is 18.5 Å². The zero-order valence-electron chi connectivity index (χ0n) is 32.2. The maximum absolute atomic E-state index is 13.9. The Morgan fingerprint density at radius 2 is 1.49 bits per heavy atom. The van der Waals surface area contributed by atoms with Gasteiger partial charge in [0.15, 0.2) is 11.6 Å². The van der Waals surface area contributed by atoms with E-state index in [1.807, 2.05) is 62.4 Å². The number of alkyl carbamates (subject to hydrolysis) is 2. The normalized spacial score (nSPS) is 19.2. The van der Waals surface area contributed by atoms with Gasteiger partial charge in [0.05, 0.1) is 43.9 Å². The van der Waals surface area contributed by atoms with Crippen molar-refractivity contribution in [3.63, 3.8) is 0 Å². The molecule has 294 valence electrons. The highest BCUT2D eigenvalue weighted by Gasteiger charge is 2.43. The molecule has 8 rings (SSSR count). The SMILES string of the molecule is COC(=O)N[C@H]1CCc2cccc3c2N(C1=O)[C@H](c1ncc(-c2ccc(-c4ccc(-c5nnc([C@@H]6CCCN6C(=O)[C@@H](NC(=O)OC)C(C)C)[nH]5)cc4)cc2)[nH]1)C3. The second-order valence-corrected chi connectivity index (χ2v) is 15.0. The number of hydrogen-bond acceptors (Lipinski definition) is 9. The summed E-state index contributed by atoms with van der Waals surface area (Å²) in [5.74, 6) is 1.42. The molecule has 0 radical (unpaired) electrons. The van der Waals surface area contributed by atoms with Crippen molar-refractivity contribution in [1.82, 2.24) is 40.7 Å². The molecule has 5 heterocycles. The van der Waals surface area contributed by atoms with Crippen LogP contribution in [0.25, 0.3) is 33.8 Å². The van der Waals surface area contributed by atoms with Gasteiger partial charge in [-0.15, -0.1) is 10.2 Å². The van der Waals surface area contributed by atoms with E-state index < -0.39 is 24.3 Å². The lowest BCUT2D eigenvalue weighted by molar-refractivity contribution is -0.135. The number of hydrogen-bond donors (Lipinski definition) is 4. The van der Waals surface area contributed by atoms with Gasteiger partial charge in [0.2, 0.25) is 11.8 Å². The first kappa shape index (κ1) is 37.4. The Morgan fingerprint density at radius 1 is 0.807 bits per heavy atom. The fourth-order valence-electron chi connectivity index (χ4n) is 8.25. The molecule has 3 aromatic carbocycles. The summed E-state index contributed by atoms with van der Waals surface area (Å²) in [7, 11) is 2.57. The number of aromatic nitrogens is 5. The first-order valence-corrected chi connectivity index (χ1v) is 19.3. The van der Waals surface area contributed by atoms with Crippen LogP contribution in [0.3, 0.4) is 0 Å². The summed E-state index contributed by atoms with van der Waals surface area (Å²) in [5.41, 5.74) is 7.77. The number of nitrogens with zero attached hydrogens (tertiary/aromatic N) is 5. The number of aromatic amines is 2. The van der Waals surface area contributed by atoms with Gasteiger partial charge in [-0.25, -0.2) is 14.6 Å². The summed E-state index contributed by atoms with van der Waals surface area (Å²) in [6.45, 7) is 4.34. The average Bonchev–Trinajstić information content (AvgIpc) is 4.06. The van der Waals surface area contributed by atoms with Crippen molar-refractivity contribution in [3.05, 3.63) is 95.7 Å². The Kier molecular flexibility index (Phi) is 10.2. The molecule has 15 heteroatoms. The number of nitrogens with one attached hydrogen (secondary N) is 4. The number of H-pyrrole nitrogens is 2. The third-order valence-electron chi connectivity index (χ3n) is 11.2. The zero-order valence-corrected chi connectivity index (χ0v) is 32.2. The largest absolute Gasteiger partial charge is 0.453 e. The van der Waals surface area contributed by atoms with Crippen molar-refractivity contribution >= 4 is 29.7 Å². The van der Waals surface area contributed by atoms with E-state index in [-0.39, 0.29) is 29.8 Å². The highest BCUT2D eigenvalue weighted by atomic mass is 16.5. The fraction of sp³-hybridized carbons (Fsp3) is 0.357. The second kappa shape index (κ2) is 15.6. The average molecular weight is 772 g/mol. The monoisotopic (exact) mass is 771 g/mol. The molecule has 0 bridgehead atoms. The van der Waals surface area contributed by atoms with E-state index in [4.69, 9.17) is 14.5 Å². The molecule has 1 fully saturated rings. The molecule has 1 saturated heterocycles. The Labute approximate surface area is 329 Å². The van der Waals surface area contributed by atoms with E-state index in [1.54, 1.807) is 16.0 Å². The van der Waals surface area contributed by atoms with Crippen molar-refractivity contribution in [3.8, 4) is 33.8 Å². The van der Waals surface area contributed by atoms with Crippen LogP contribution in [-0.4, -0.2) is 86.9 Å².